The molecule has 1 aliphatic rings. The van der Waals surface area contributed by atoms with E-state index in [2.05, 4.69) is 26.8 Å². The summed E-state index contributed by atoms with van der Waals surface area (Å²) in [5.41, 5.74) is 3.99. The van der Waals surface area contributed by atoms with Crippen molar-refractivity contribution in [3.05, 3.63) is 130 Å². The van der Waals surface area contributed by atoms with E-state index in [1.807, 2.05) is 0 Å². The highest BCUT2D eigenvalue weighted by Crippen LogP contribution is 2.45. The maximum atomic E-state index is 14.3. The Kier molecular flexibility index (Phi) is 11.0. The number of hydrogen-bond acceptors (Lipinski definition) is 8. The summed E-state index contributed by atoms with van der Waals surface area (Å²) >= 11 is 3.54. The van der Waals surface area contributed by atoms with Crippen molar-refractivity contribution >= 4 is 37.6 Å². The molecule has 0 aliphatic carbocycles. The molecule has 0 fully saturated rings. The largest absolute Gasteiger partial charge is 0.494 e. The molecule has 3 N–H and O–H groups in total. The maximum absolute atomic E-state index is 14.3. The molecule has 2 atom stereocenters. The Bertz CT molecular complexity index is 1820. The van der Waals surface area contributed by atoms with Crippen LogP contribution >= 0.6 is 15.9 Å². The number of aliphatic hydroxyl groups excluding tert-OH is 1. The fourth-order valence-electron chi connectivity index (χ4n) is 5.09. The number of carbonyl (C=O) groups excluding carboxylic acids is 1. The second-order valence-corrected chi connectivity index (χ2v) is 13.7. The number of nitrogens with zero attached hydrogens (tertiary/aromatic N) is 1. The number of aliphatic imine (C=N–C) groups is 1. The van der Waals surface area contributed by atoms with Crippen LogP contribution in [0.3, 0.4) is 0 Å². The van der Waals surface area contributed by atoms with Crippen LogP contribution in [0.5, 0.6) is 5.75 Å². The van der Waals surface area contributed by atoms with Crippen LogP contribution in [0.15, 0.2) is 111 Å². The standard InChI is InChI=1S/C34H32BrF2N3O6S/c35-28-11-5-4-10-26(28)31-34(18-21-47(43,44)25-8-2-1-3-9-25,33(42)40-38-22-27-29(36)12-6-13-30(27)37)39-32(46-31)23-14-16-24(17-15-23)45-20-7-19-41/h1-6,8-17,31,38,41H,7,18-22H2,(H,40,42)/t31-,34-/m0/s1. The third-order valence-electron chi connectivity index (χ3n) is 7.60. The third-order valence-corrected chi connectivity index (χ3v) is 10.1. The molecule has 47 heavy (non-hydrogen) atoms. The number of halogens is 3. The van der Waals surface area contributed by atoms with E-state index in [1.54, 1.807) is 66.7 Å². The van der Waals surface area contributed by atoms with E-state index in [0.29, 0.717) is 34.4 Å². The van der Waals surface area contributed by atoms with Gasteiger partial charge in [-0.25, -0.2) is 27.6 Å². The van der Waals surface area contributed by atoms with Gasteiger partial charge >= 0.3 is 0 Å². The molecular weight excluding hydrogens is 696 g/mol. The predicted octanol–water partition coefficient (Wildman–Crippen LogP) is 5.43. The van der Waals surface area contributed by atoms with E-state index >= 15 is 0 Å². The lowest BCUT2D eigenvalue weighted by atomic mass is 9.85. The van der Waals surface area contributed by atoms with E-state index < -0.39 is 51.3 Å². The van der Waals surface area contributed by atoms with Gasteiger partial charge in [0.05, 0.1) is 17.3 Å². The van der Waals surface area contributed by atoms with E-state index in [-0.39, 0.29) is 29.4 Å². The van der Waals surface area contributed by atoms with Gasteiger partial charge in [-0.05, 0) is 54.6 Å². The molecule has 13 heteroatoms. The van der Waals surface area contributed by atoms with Gasteiger partial charge in [0.25, 0.3) is 5.91 Å². The summed E-state index contributed by atoms with van der Waals surface area (Å²) in [5, 5.41) is 9.04. The molecule has 1 aliphatic heterocycles. The Morgan fingerprint density at radius 2 is 1.64 bits per heavy atom. The van der Waals surface area contributed by atoms with Crippen LogP contribution in [0.25, 0.3) is 0 Å². The van der Waals surface area contributed by atoms with Gasteiger partial charge in [0.1, 0.15) is 17.4 Å². The van der Waals surface area contributed by atoms with Crippen molar-refractivity contribution in [2.75, 3.05) is 19.0 Å². The molecule has 0 bridgehead atoms. The summed E-state index contributed by atoms with van der Waals surface area (Å²) < 4.78 is 68.2. The van der Waals surface area contributed by atoms with Crippen molar-refractivity contribution in [2.45, 2.75) is 35.9 Å². The van der Waals surface area contributed by atoms with Gasteiger partial charge in [-0.1, -0.05) is 58.4 Å². The van der Waals surface area contributed by atoms with Crippen molar-refractivity contribution in [3.8, 4) is 5.75 Å². The summed E-state index contributed by atoms with van der Waals surface area (Å²) in [5.74, 6) is -2.20. The topological polar surface area (TPSA) is 126 Å². The Morgan fingerprint density at radius 3 is 2.32 bits per heavy atom. The number of hydrogen-bond donors (Lipinski definition) is 3. The summed E-state index contributed by atoms with van der Waals surface area (Å²) in [6.45, 7) is -0.0781. The zero-order chi connectivity index (χ0) is 33.4. The van der Waals surface area contributed by atoms with Crippen molar-refractivity contribution in [1.82, 2.24) is 10.9 Å². The lowest BCUT2D eigenvalue weighted by molar-refractivity contribution is -0.130. The molecule has 0 saturated heterocycles. The van der Waals surface area contributed by atoms with Crippen molar-refractivity contribution in [1.29, 1.82) is 0 Å². The molecule has 0 radical (unpaired) electrons. The predicted molar refractivity (Wildman–Crippen MR) is 175 cm³/mol. The Morgan fingerprint density at radius 1 is 0.957 bits per heavy atom. The van der Waals surface area contributed by atoms with Gasteiger partial charge in [-0.15, -0.1) is 0 Å². The van der Waals surface area contributed by atoms with Gasteiger partial charge in [0.15, 0.2) is 21.5 Å². The van der Waals surface area contributed by atoms with Gasteiger partial charge in [0, 0.05) is 47.2 Å². The first-order valence-electron chi connectivity index (χ1n) is 14.7. The summed E-state index contributed by atoms with van der Waals surface area (Å²) in [6, 6.07) is 25.1. The monoisotopic (exact) mass is 727 g/mol. The van der Waals surface area contributed by atoms with Gasteiger partial charge in [-0.2, -0.15) is 0 Å². The summed E-state index contributed by atoms with van der Waals surface area (Å²) in [7, 11) is -3.88. The van der Waals surface area contributed by atoms with Crippen LogP contribution < -0.4 is 15.6 Å². The Hall–Kier alpha value is -4.17. The Balaban J connectivity index is 1.53. The lowest BCUT2D eigenvalue weighted by Gasteiger charge is -2.31. The highest BCUT2D eigenvalue weighted by atomic mass is 79.9. The first kappa shape index (κ1) is 34.2. The number of carbonyl (C=O) groups is 1. The van der Waals surface area contributed by atoms with Crippen LogP contribution in [-0.4, -0.2) is 49.8 Å². The number of amides is 1. The second kappa shape index (κ2) is 15.2. The van der Waals surface area contributed by atoms with Crippen LogP contribution in [0.4, 0.5) is 8.78 Å². The van der Waals surface area contributed by atoms with E-state index in [0.717, 1.165) is 12.1 Å². The number of nitrogens with one attached hydrogen (secondary N) is 2. The van der Waals surface area contributed by atoms with Crippen molar-refractivity contribution in [2.24, 2.45) is 4.99 Å². The van der Waals surface area contributed by atoms with Crippen molar-refractivity contribution < 1.29 is 36.6 Å². The van der Waals surface area contributed by atoms with E-state index in [4.69, 9.17) is 19.6 Å². The average molecular weight is 729 g/mol. The van der Waals surface area contributed by atoms with Gasteiger partial charge in [0.2, 0.25) is 5.90 Å². The summed E-state index contributed by atoms with van der Waals surface area (Å²) in [4.78, 5) is 19.1. The lowest BCUT2D eigenvalue weighted by Crippen LogP contribution is -2.53. The van der Waals surface area contributed by atoms with Crippen molar-refractivity contribution in [3.63, 3.8) is 0 Å². The highest BCUT2D eigenvalue weighted by molar-refractivity contribution is 9.10. The molecule has 1 heterocycles. The normalized spacial score (nSPS) is 17.5. The molecule has 4 aromatic carbocycles. The van der Waals surface area contributed by atoms with Crippen LogP contribution in [0.2, 0.25) is 0 Å². The molecule has 0 spiro atoms. The highest BCUT2D eigenvalue weighted by Gasteiger charge is 2.54. The SMILES string of the molecule is O=C(NNCc1c(F)cccc1F)[C@@]1(CCS(=O)(=O)c2ccccc2)N=C(c2ccc(OCCCO)cc2)O[C@H]1c1ccccc1Br. The fraction of sp³-hybridized carbons (Fsp3) is 0.235. The molecule has 246 valence electrons. The van der Waals surface area contributed by atoms with Gasteiger partial charge in [-0.3, -0.25) is 10.2 Å². The zero-order valence-electron chi connectivity index (χ0n) is 25.0. The molecule has 0 saturated carbocycles. The number of ether oxygens (including phenoxy) is 2. The molecular formula is C34H32BrF2N3O6S. The Labute approximate surface area is 279 Å². The molecule has 9 nitrogen and oxygen atoms in total. The first-order valence-corrected chi connectivity index (χ1v) is 17.2. The first-order chi connectivity index (χ1) is 22.6. The zero-order valence-corrected chi connectivity index (χ0v) is 27.4. The minimum absolute atomic E-state index is 0.00656. The van der Waals surface area contributed by atoms with Gasteiger partial charge < -0.3 is 14.6 Å². The minimum Gasteiger partial charge on any atom is -0.494 e. The minimum atomic E-state index is -3.88. The van der Waals surface area contributed by atoms with Crippen LogP contribution in [0, 0.1) is 11.6 Å². The van der Waals surface area contributed by atoms with E-state index in [1.165, 1.54) is 18.2 Å². The number of hydrazine groups is 1. The molecule has 0 aromatic heterocycles. The number of benzene rings is 4. The van der Waals surface area contributed by atoms with Crippen LogP contribution in [-0.2, 0) is 25.9 Å². The smallest absolute Gasteiger partial charge is 0.266 e. The molecule has 1 amide bonds. The maximum Gasteiger partial charge on any atom is 0.266 e. The van der Waals surface area contributed by atoms with E-state index in [9.17, 15) is 22.0 Å². The quantitative estimate of drug-likeness (QED) is 0.117. The number of rotatable bonds is 14. The second-order valence-electron chi connectivity index (χ2n) is 10.7. The van der Waals surface area contributed by atoms with Crippen LogP contribution in [0.1, 0.15) is 35.6 Å². The summed E-state index contributed by atoms with van der Waals surface area (Å²) in [6.07, 6.45) is -0.942. The molecule has 0 unspecified atom stereocenters. The fourth-order valence-corrected chi connectivity index (χ4v) is 6.97. The number of sulfone groups is 1. The number of aliphatic hydroxyl groups is 1. The molecule has 5 rings (SSSR count). The average Bonchev–Trinajstić information content (AvgIpc) is 3.47. The third kappa shape index (κ3) is 7.87. The molecule has 4 aromatic rings.